The average Bonchev–Trinajstić information content (AvgIpc) is 2.93. The first-order valence-corrected chi connectivity index (χ1v) is 13.7. The van der Waals surface area contributed by atoms with E-state index >= 15 is 0 Å². The van der Waals surface area contributed by atoms with Gasteiger partial charge in [0.15, 0.2) is 11.5 Å². The van der Waals surface area contributed by atoms with Crippen molar-refractivity contribution in [3.8, 4) is 17.2 Å². The van der Waals surface area contributed by atoms with Crippen LogP contribution in [0.25, 0.3) is 0 Å². The Kier molecular flexibility index (Phi) is 9.19. The van der Waals surface area contributed by atoms with Crippen molar-refractivity contribution in [2.75, 3.05) is 6.61 Å². The molecule has 1 amide bonds. The highest BCUT2D eigenvalue weighted by molar-refractivity contribution is 7.87. The SMILES string of the molecule is CCOc1cc(C(=O)N/N=C/c2cccc(OS(=O)(=O)c3ccc(Cl)cc3)c2)ccc1OCc1ccccc1. The van der Waals surface area contributed by atoms with Crippen molar-refractivity contribution < 1.29 is 26.9 Å². The summed E-state index contributed by atoms with van der Waals surface area (Å²) in [6.07, 6.45) is 1.38. The Bertz CT molecular complexity index is 1560. The molecule has 4 aromatic rings. The topological polar surface area (TPSA) is 103 Å². The second-order valence-corrected chi connectivity index (χ2v) is 10.1. The summed E-state index contributed by atoms with van der Waals surface area (Å²) in [5.74, 6) is 0.593. The predicted molar refractivity (Wildman–Crippen MR) is 149 cm³/mol. The Balaban J connectivity index is 1.39. The first-order valence-electron chi connectivity index (χ1n) is 11.9. The van der Waals surface area contributed by atoms with Crippen LogP contribution in [0.4, 0.5) is 0 Å². The van der Waals surface area contributed by atoms with Gasteiger partial charge in [-0.1, -0.05) is 54.1 Å². The summed E-state index contributed by atoms with van der Waals surface area (Å²) in [5, 5.41) is 4.39. The Morgan fingerprint density at radius 1 is 0.897 bits per heavy atom. The van der Waals surface area contributed by atoms with Crippen LogP contribution in [0.3, 0.4) is 0 Å². The van der Waals surface area contributed by atoms with Gasteiger partial charge in [0.2, 0.25) is 0 Å². The van der Waals surface area contributed by atoms with Crippen molar-refractivity contribution >= 4 is 33.8 Å². The van der Waals surface area contributed by atoms with Crippen LogP contribution in [0.5, 0.6) is 17.2 Å². The van der Waals surface area contributed by atoms with Gasteiger partial charge in [-0.05, 0) is 72.6 Å². The fraction of sp³-hybridized carbons (Fsp3) is 0.103. The molecule has 0 aliphatic rings. The van der Waals surface area contributed by atoms with Crippen molar-refractivity contribution in [3.05, 3.63) is 119 Å². The van der Waals surface area contributed by atoms with Crippen LogP contribution < -0.4 is 19.1 Å². The Labute approximate surface area is 231 Å². The number of carbonyl (C=O) groups excluding carboxylic acids is 1. The zero-order valence-electron chi connectivity index (χ0n) is 20.9. The summed E-state index contributed by atoms with van der Waals surface area (Å²) in [5.41, 5.74) is 4.30. The van der Waals surface area contributed by atoms with Gasteiger partial charge in [-0.3, -0.25) is 4.79 Å². The molecule has 1 N–H and O–H groups in total. The van der Waals surface area contributed by atoms with E-state index in [0.29, 0.717) is 40.9 Å². The fourth-order valence-electron chi connectivity index (χ4n) is 3.42. The molecule has 0 saturated heterocycles. The zero-order chi connectivity index (χ0) is 27.7. The van der Waals surface area contributed by atoms with Crippen molar-refractivity contribution in [3.63, 3.8) is 0 Å². The van der Waals surface area contributed by atoms with E-state index in [4.69, 9.17) is 25.3 Å². The van der Waals surface area contributed by atoms with Gasteiger partial charge in [0.05, 0.1) is 12.8 Å². The summed E-state index contributed by atoms with van der Waals surface area (Å²) in [7, 11) is -4.04. The summed E-state index contributed by atoms with van der Waals surface area (Å²) in [4.78, 5) is 12.7. The van der Waals surface area contributed by atoms with Gasteiger partial charge in [0.25, 0.3) is 5.91 Å². The molecule has 39 heavy (non-hydrogen) atoms. The number of hydrogen-bond acceptors (Lipinski definition) is 7. The fourth-order valence-corrected chi connectivity index (χ4v) is 4.47. The zero-order valence-corrected chi connectivity index (χ0v) is 22.5. The van der Waals surface area contributed by atoms with Crippen LogP contribution in [-0.2, 0) is 16.7 Å². The molecule has 4 aromatic carbocycles. The summed E-state index contributed by atoms with van der Waals surface area (Å²) >= 11 is 5.82. The van der Waals surface area contributed by atoms with Gasteiger partial charge in [-0.2, -0.15) is 13.5 Å². The molecule has 0 aliphatic carbocycles. The number of benzene rings is 4. The van der Waals surface area contributed by atoms with Gasteiger partial charge in [-0.25, -0.2) is 5.43 Å². The first kappa shape index (κ1) is 27.7. The lowest BCUT2D eigenvalue weighted by Gasteiger charge is -2.13. The summed E-state index contributed by atoms with van der Waals surface area (Å²) in [6, 6.07) is 26.5. The molecule has 0 aliphatic heterocycles. The van der Waals surface area contributed by atoms with Gasteiger partial charge in [0, 0.05) is 10.6 Å². The number of hydrazone groups is 1. The normalized spacial score (nSPS) is 11.2. The number of ether oxygens (including phenoxy) is 2. The molecule has 200 valence electrons. The minimum absolute atomic E-state index is 0.0267. The maximum Gasteiger partial charge on any atom is 0.339 e. The number of carbonyl (C=O) groups is 1. The molecule has 0 radical (unpaired) electrons. The molecule has 8 nitrogen and oxygen atoms in total. The number of halogens is 1. The van der Waals surface area contributed by atoms with Crippen LogP contribution in [0.2, 0.25) is 5.02 Å². The molecular weight excluding hydrogens is 540 g/mol. The molecule has 0 atom stereocenters. The molecular formula is C29H25ClN2O6S. The van der Waals surface area contributed by atoms with Gasteiger partial charge >= 0.3 is 10.1 Å². The highest BCUT2D eigenvalue weighted by Gasteiger charge is 2.17. The molecule has 0 bridgehead atoms. The number of amides is 1. The Morgan fingerprint density at radius 3 is 2.41 bits per heavy atom. The lowest BCUT2D eigenvalue weighted by molar-refractivity contribution is 0.0954. The van der Waals surface area contributed by atoms with Crippen molar-refractivity contribution in [1.82, 2.24) is 5.43 Å². The van der Waals surface area contributed by atoms with E-state index in [0.717, 1.165) is 5.56 Å². The van der Waals surface area contributed by atoms with E-state index in [1.807, 2.05) is 37.3 Å². The second-order valence-electron chi connectivity index (χ2n) is 8.13. The van der Waals surface area contributed by atoms with E-state index in [1.165, 1.54) is 42.6 Å². The van der Waals surface area contributed by atoms with E-state index in [1.54, 1.807) is 30.3 Å². The second kappa shape index (κ2) is 12.9. The van der Waals surface area contributed by atoms with Crippen LogP contribution in [0.15, 0.2) is 107 Å². The van der Waals surface area contributed by atoms with Crippen LogP contribution in [0.1, 0.15) is 28.4 Å². The molecule has 0 heterocycles. The molecule has 0 unspecified atom stereocenters. The third kappa shape index (κ3) is 7.83. The minimum atomic E-state index is -4.04. The van der Waals surface area contributed by atoms with Gasteiger partial charge in [-0.15, -0.1) is 0 Å². The maximum absolute atomic E-state index is 12.7. The third-order valence-corrected chi connectivity index (χ3v) is 6.80. The molecule has 10 heteroatoms. The number of rotatable bonds is 11. The highest BCUT2D eigenvalue weighted by Crippen LogP contribution is 2.29. The molecule has 0 saturated carbocycles. The van der Waals surface area contributed by atoms with Crippen LogP contribution >= 0.6 is 11.6 Å². The average molecular weight is 565 g/mol. The molecule has 4 rings (SSSR count). The van der Waals surface area contributed by atoms with E-state index in [9.17, 15) is 13.2 Å². The van der Waals surface area contributed by atoms with Crippen molar-refractivity contribution in [1.29, 1.82) is 0 Å². The van der Waals surface area contributed by atoms with Crippen molar-refractivity contribution in [2.45, 2.75) is 18.4 Å². The number of hydrogen-bond donors (Lipinski definition) is 1. The van der Waals surface area contributed by atoms with E-state index in [-0.39, 0.29) is 10.6 Å². The van der Waals surface area contributed by atoms with Gasteiger partial charge < -0.3 is 13.7 Å². The smallest absolute Gasteiger partial charge is 0.339 e. The monoisotopic (exact) mass is 564 g/mol. The van der Waals surface area contributed by atoms with Crippen molar-refractivity contribution in [2.24, 2.45) is 5.10 Å². The number of nitrogens with zero attached hydrogens (tertiary/aromatic N) is 1. The van der Waals surface area contributed by atoms with Crippen LogP contribution in [0, 0.1) is 0 Å². The quantitative estimate of drug-likeness (QED) is 0.139. The molecule has 0 aromatic heterocycles. The minimum Gasteiger partial charge on any atom is -0.490 e. The van der Waals surface area contributed by atoms with Gasteiger partial charge in [0.1, 0.15) is 17.3 Å². The van der Waals surface area contributed by atoms with E-state index in [2.05, 4.69) is 10.5 Å². The lowest BCUT2D eigenvalue weighted by Crippen LogP contribution is -2.17. The lowest BCUT2D eigenvalue weighted by atomic mass is 10.2. The largest absolute Gasteiger partial charge is 0.490 e. The molecule has 0 spiro atoms. The Morgan fingerprint density at radius 2 is 1.67 bits per heavy atom. The Hall–Kier alpha value is -4.34. The standard InChI is InChI=1S/C29H25ClN2O6S/c1-2-36-28-18-23(11-16-27(28)37-20-21-7-4-3-5-8-21)29(33)32-31-19-22-9-6-10-25(17-22)38-39(34,35)26-14-12-24(30)13-15-26/h3-19H,2,20H2,1H3,(H,32,33)/b31-19+. The summed E-state index contributed by atoms with van der Waals surface area (Å²) < 4.78 is 41.8. The first-order chi connectivity index (χ1) is 18.8. The van der Waals surface area contributed by atoms with E-state index < -0.39 is 16.0 Å². The number of nitrogens with one attached hydrogen (secondary N) is 1. The van der Waals surface area contributed by atoms with Crippen LogP contribution in [-0.4, -0.2) is 27.1 Å². The highest BCUT2D eigenvalue weighted by atomic mass is 35.5. The predicted octanol–water partition coefficient (Wildman–Crippen LogP) is 5.85. The maximum atomic E-state index is 12.7. The summed E-state index contributed by atoms with van der Waals surface area (Å²) in [6.45, 7) is 2.61. The molecule has 0 fully saturated rings. The third-order valence-electron chi connectivity index (χ3n) is 5.29.